The average Bonchev–Trinajstić information content (AvgIpc) is 2.70. The summed E-state index contributed by atoms with van der Waals surface area (Å²) >= 11 is 0. The maximum atomic E-state index is 12.3. The molecule has 3 rings (SSSR count). The third-order valence-corrected chi connectivity index (χ3v) is 4.51. The Morgan fingerprint density at radius 3 is 2.57 bits per heavy atom. The van der Waals surface area contributed by atoms with Crippen LogP contribution >= 0.6 is 0 Å². The van der Waals surface area contributed by atoms with Gasteiger partial charge < -0.3 is 19.6 Å². The zero-order chi connectivity index (χ0) is 20.1. The molecule has 0 radical (unpaired) electrons. The fourth-order valence-electron chi connectivity index (χ4n) is 2.82. The number of aliphatic hydroxyl groups excluding tert-OH is 1. The second kappa shape index (κ2) is 8.71. The molecule has 3 aromatic rings. The molecular formula is C22H23NO5. The molecule has 0 bridgehead atoms. The van der Waals surface area contributed by atoms with Crippen molar-refractivity contribution in [3.63, 3.8) is 0 Å². The molecule has 2 aromatic carbocycles. The molecule has 28 heavy (non-hydrogen) atoms. The second-order valence-corrected chi connectivity index (χ2v) is 6.90. The second-order valence-electron chi connectivity index (χ2n) is 6.90. The molecule has 0 spiro atoms. The maximum absolute atomic E-state index is 12.3. The number of rotatable bonds is 7. The van der Waals surface area contributed by atoms with E-state index in [4.69, 9.17) is 9.15 Å². The van der Waals surface area contributed by atoms with Crippen LogP contribution in [-0.4, -0.2) is 30.3 Å². The van der Waals surface area contributed by atoms with E-state index in [-0.39, 0.29) is 31.1 Å². The Morgan fingerprint density at radius 2 is 1.89 bits per heavy atom. The molecule has 2 N–H and O–H groups in total. The van der Waals surface area contributed by atoms with Crippen LogP contribution < -0.4 is 15.7 Å². The Morgan fingerprint density at radius 1 is 1.14 bits per heavy atom. The SMILES string of the molecule is CC(C)C(CO)NC(=O)COc1ccc2cc(-c3ccccc3)c(=O)oc2c1. The van der Waals surface area contributed by atoms with Crippen molar-refractivity contribution in [3.8, 4) is 16.9 Å². The van der Waals surface area contributed by atoms with Crippen molar-refractivity contribution in [2.75, 3.05) is 13.2 Å². The fraction of sp³-hybridized carbons (Fsp3) is 0.273. The molecule has 1 aromatic heterocycles. The van der Waals surface area contributed by atoms with E-state index < -0.39 is 5.63 Å². The quantitative estimate of drug-likeness (QED) is 0.614. The van der Waals surface area contributed by atoms with Gasteiger partial charge in [0.1, 0.15) is 11.3 Å². The van der Waals surface area contributed by atoms with Gasteiger partial charge in [-0.15, -0.1) is 0 Å². The van der Waals surface area contributed by atoms with Gasteiger partial charge in [-0.05, 0) is 29.7 Å². The van der Waals surface area contributed by atoms with Crippen molar-refractivity contribution in [2.24, 2.45) is 5.92 Å². The van der Waals surface area contributed by atoms with E-state index in [1.54, 1.807) is 24.3 Å². The minimum atomic E-state index is -0.434. The molecule has 6 heteroatoms. The number of carbonyl (C=O) groups excluding carboxylic acids is 1. The summed E-state index contributed by atoms with van der Waals surface area (Å²) < 4.78 is 10.9. The predicted octanol–water partition coefficient (Wildman–Crippen LogP) is 2.97. The molecule has 1 unspecified atom stereocenters. The Balaban J connectivity index is 1.74. The number of nitrogens with one attached hydrogen (secondary N) is 1. The summed E-state index contributed by atoms with van der Waals surface area (Å²) in [5.74, 6) is 0.208. The Labute approximate surface area is 162 Å². The smallest absolute Gasteiger partial charge is 0.344 e. The minimum absolute atomic E-state index is 0.114. The Kier molecular flexibility index (Phi) is 6.11. The third kappa shape index (κ3) is 4.58. The monoisotopic (exact) mass is 381 g/mol. The van der Waals surface area contributed by atoms with E-state index in [2.05, 4.69) is 5.32 Å². The van der Waals surface area contributed by atoms with Gasteiger partial charge in [0, 0.05) is 11.5 Å². The zero-order valence-electron chi connectivity index (χ0n) is 15.8. The summed E-state index contributed by atoms with van der Waals surface area (Å²) in [6.45, 7) is 3.50. The highest BCUT2D eigenvalue weighted by Gasteiger charge is 2.15. The van der Waals surface area contributed by atoms with Crippen LogP contribution in [0.1, 0.15) is 13.8 Å². The van der Waals surface area contributed by atoms with E-state index in [0.29, 0.717) is 16.9 Å². The van der Waals surface area contributed by atoms with Crippen LogP contribution in [-0.2, 0) is 4.79 Å². The lowest BCUT2D eigenvalue weighted by molar-refractivity contribution is -0.124. The number of hydrogen-bond acceptors (Lipinski definition) is 5. The number of amides is 1. The Bertz CT molecular complexity index is 1010. The fourth-order valence-corrected chi connectivity index (χ4v) is 2.82. The van der Waals surface area contributed by atoms with E-state index in [9.17, 15) is 14.7 Å². The molecule has 146 valence electrons. The first kappa shape index (κ1) is 19.6. The highest BCUT2D eigenvalue weighted by molar-refractivity contribution is 5.83. The lowest BCUT2D eigenvalue weighted by Gasteiger charge is -2.19. The van der Waals surface area contributed by atoms with Gasteiger partial charge >= 0.3 is 5.63 Å². The van der Waals surface area contributed by atoms with Crippen LogP contribution in [0.4, 0.5) is 0 Å². The van der Waals surface area contributed by atoms with E-state index in [1.807, 2.05) is 44.2 Å². The summed E-state index contributed by atoms with van der Waals surface area (Å²) in [5, 5.41) is 12.8. The van der Waals surface area contributed by atoms with Crippen molar-refractivity contribution >= 4 is 16.9 Å². The summed E-state index contributed by atoms with van der Waals surface area (Å²) in [6, 6.07) is 15.9. The summed E-state index contributed by atoms with van der Waals surface area (Å²) in [6.07, 6.45) is 0. The molecule has 0 fully saturated rings. The highest BCUT2D eigenvalue weighted by atomic mass is 16.5. The number of carbonyl (C=O) groups is 1. The molecule has 1 heterocycles. The first-order valence-corrected chi connectivity index (χ1v) is 9.14. The topological polar surface area (TPSA) is 88.8 Å². The molecule has 0 aliphatic rings. The molecule has 0 aliphatic carbocycles. The summed E-state index contributed by atoms with van der Waals surface area (Å²) in [5.41, 5.74) is 1.23. The number of hydrogen-bond donors (Lipinski definition) is 2. The normalized spacial score (nSPS) is 12.1. The third-order valence-electron chi connectivity index (χ3n) is 4.51. The Hall–Kier alpha value is -3.12. The van der Waals surface area contributed by atoms with E-state index in [0.717, 1.165) is 10.9 Å². The zero-order valence-corrected chi connectivity index (χ0v) is 15.8. The van der Waals surface area contributed by atoms with E-state index in [1.165, 1.54) is 0 Å². The van der Waals surface area contributed by atoms with Crippen molar-refractivity contribution in [1.82, 2.24) is 5.32 Å². The van der Waals surface area contributed by atoms with Crippen molar-refractivity contribution in [1.29, 1.82) is 0 Å². The average molecular weight is 381 g/mol. The number of benzene rings is 2. The summed E-state index contributed by atoms with van der Waals surface area (Å²) in [7, 11) is 0. The van der Waals surface area contributed by atoms with Crippen LogP contribution in [0.25, 0.3) is 22.1 Å². The van der Waals surface area contributed by atoms with Crippen LogP contribution in [0, 0.1) is 5.92 Å². The largest absolute Gasteiger partial charge is 0.484 e. The van der Waals surface area contributed by atoms with Crippen LogP contribution in [0.15, 0.2) is 63.8 Å². The van der Waals surface area contributed by atoms with Crippen LogP contribution in [0.5, 0.6) is 5.75 Å². The first-order chi connectivity index (χ1) is 13.5. The lowest BCUT2D eigenvalue weighted by Crippen LogP contribution is -2.43. The van der Waals surface area contributed by atoms with Crippen LogP contribution in [0.2, 0.25) is 0 Å². The predicted molar refractivity (Wildman–Crippen MR) is 107 cm³/mol. The number of fused-ring (bicyclic) bond motifs is 1. The van der Waals surface area contributed by atoms with Crippen molar-refractivity contribution < 1.29 is 19.1 Å². The van der Waals surface area contributed by atoms with Gasteiger partial charge in [0.25, 0.3) is 5.91 Å². The van der Waals surface area contributed by atoms with Gasteiger partial charge in [-0.25, -0.2) is 4.79 Å². The van der Waals surface area contributed by atoms with E-state index >= 15 is 0 Å². The van der Waals surface area contributed by atoms with Gasteiger partial charge in [0.2, 0.25) is 0 Å². The molecule has 1 amide bonds. The summed E-state index contributed by atoms with van der Waals surface area (Å²) in [4.78, 5) is 24.3. The van der Waals surface area contributed by atoms with Crippen molar-refractivity contribution in [3.05, 3.63) is 65.0 Å². The van der Waals surface area contributed by atoms with Gasteiger partial charge in [0.05, 0.1) is 18.2 Å². The van der Waals surface area contributed by atoms with Gasteiger partial charge in [-0.3, -0.25) is 4.79 Å². The maximum Gasteiger partial charge on any atom is 0.344 e. The first-order valence-electron chi connectivity index (χ1n) is 9.14. The molecule has 0 saturated carbocycles. The molecule has 1 atom stereocenters. The standard InChI is InChI=1S/C22H23NO5/c1-14(2)19(12-24)23-21(25)13-27-17-9-8-16-10-18(15-6-4-3-5-7-15)22(26)28-20(16)11-17/h3-11,14,19,24H,12-13H2,1-2H3,(H,23,25). The van der Waals surface area contributed by atoms with Gasteiger partial charge in [0.15, 0.2) is 6.61 Å². The number of aliphatic hydroxyl groups is 1. The number of ether oxygens (including phenoxy) is 1. The lowest BCUT2D eigenvalue weighted by atomic mass is 10.1. The highest BCUT2D eigenvalue weighted by Crippen LogP contribution is 2.24. The van der Waals surface area contributed by atoms with Gasteiger partial charge in [-0.1, -0.05) is 44.2 Å². The van der Waals surface area contributed by atoms with Crippen molar-refractivity contribution in [2.45, 2.75) is 19.9 Å². The minimum Gasteiger partial charge on any atom is -0.484 e. The molecule has 6 nitrogen and oxygen atoms in total. The molecule has 0 saturated heterocycles. The van der Waals surface area contributed by atoms with Gasteiger partial charge in [-0.2, -0.15) is 0 Å². The van der Waals surface area contributed by atoms with Crippen LogP contribution in [0.3, 0.4) is 0 Å². The molecular weight excluding hydrogens is 358 g/mol. The molecule has 0 aliphatic heterocycles.